The van der Waals surface area contributed by atoms with Crippen molar-refractivity contribution in [3.05, 3.63) is 77.5 Å². The Kier molecular flexibility index (Phi) is 5.69. The van der Waals surface area contributed by atoms with Gasteiger partial charge in [-0.25, -0.2) is 4.98 Å². The summed E-state index contributed by atoms with van der Waals surface area (Å²) in [7, 11) is 3.71. The molecule has 0 saturated carbocycles. The molecule has 1 aromatic heterocycles. The topological polar surface area (TPSA) is 50.3 Å². The first-order valence-electron chi connectivity index (χ1n) is 8.61. The van der Waals surface area contributed by atoms with Crippen molar-refractivity contribution in [3.63, 3.8) is 0 Å². The van der Waals surface area contributed by atoms with Crippen LogP contribution in [0.1, 0.15) is 16.8 Å². The molecular weight excluding hydrogens is 324 g/mol. The predicted octanol–water partition coefficient (Wildman–Crippen LogP) is 4.04. The van der Waals surface area contributed by atoms with Crippen molar-refractivity contribution in [1.82, 2.24) is 9.97 Å². The van der Waals surface area contributed by atoms with Gasteiger partial charge in [-0.15, -0.1) is 0 Å². The second kappa shape index (κ2) is 8.34. The molecule has 0 spiro atoms. The van der Waals surface area contributed by atoms with Crippen LogP contribution in [0.2, 0.25) is 0 Å². The summed E-state index contributed by atoms with van der Waals surface area (Å²) in [6, 6.07) is 20.3. The Balaban J connectivity index is 1.68. The number of anilines is 2. The zero-order chi connectivity index (χ0) is 18.4. The molecule has 0 aliphatic carbocycles. The van der Waals surface area contributed by atoms with E-state index in [-0.39, 0.29) is 0 Å². The number of ether oxygens (including phenoxy) is 1. The van der Waals surface area contributed by atoms with Crippen LogP contribution in [-0.4, -0.2) is 24.1 Å². The molecule has 0 amide bonds. The first-order valence-corrected chi connectivity index (χ1v) is 8.61. The number of hydrogen-bond acceptors (Lipinski definition) is 5. The van der Waals surface area contributed by atoms with Gasteiger partial charge in [0.1, 0.15) is 11.6 Å². The fourth-order valence-corrected chi connectivity index (χ4v) is 2.69. The number of nitrogens with one attached hydrogen (secondary N) is 1. The second-order valence-corrected chi connectivity index (χ2v) is 6.23. The van der Waals surface area contributed by atoms with E-state index in [1.807, 2.05) is 50.4 Å². The molecule has 134 valence electrons. The molecule has 5 heteroatoms. The van der Waals surface area contributed by atoms with E-state index < -0.39 is 0 Å². The Morgan fingerprint density at radius 3 is 2.38 bits per heavy atom. The van der Waals surface area contributed by atoms with Crippen LogP contribution in [0.3, 0.4) is 0 Å². The molecule has 0 unspecified atom stereocenters. The van der Waals surface area contributed by atoms with Crippen LogP contribution in [-0.2, 0) is 13.1 Å². The molecule has 2 aromatic carbocycles. The lowest BCUT2D eigenvalue weighted by Crippen LogP contribution is -2.19. The van der Waals surface area contributed by atoms with E-state index in [2.05, 4.69) is 44.5 Å². The fraction of sp³-hybridized carbons (Fsp3) is 0.238. The molecule has 0 aliphatic rings. The van der Waals surface area contributed by atoms with Gasteiger partial charge in [-0.1, -0.05) is 42.5 Å². The van der Waals surface area contributed by atoms with Gasteiger partial charge < -0.3 is 15.0 Å². The average molecular weight is 348 g/mol. The molecule has 5 nitrogen and oxygen atoms in total. The number of nitrogens with zero attached hydrogens (tertiary/aromatic N) is 3. The zero-order valence-corrected chi connectivity index (χ0v) is 15.4. The molecule has 3 rings (SSSR count). The summed E-state index contributed by atoms with van der Waals surface area (Å²) in [6.45, 7) is 3.45. The summed E-state index contributed by atoms with van der Waals surface area (Å²) in [6.07, 6.45) is 0. The quantitative estimate of drug-likeness (QED) is 0.698. The average Bonchev–Trinajstić information content (AvgIpc) is 2.67. The minimum Gasteiger partial charge on any atom is -0.497 e. The Hall–Kier alpha value is -3.08. The Morgan fingerprint density at radius 2 is 1.69 bits per heavy atom. The van der Waals surface area contributed by atoms with Gasteiger partial charge >= 0.3 is 0 Å². The Labute approximate surface area is 154 Å². The lowest BCUT2D eigenvalue weighted by molar-refractivity contribution is 0.414. The molecule has 0 fully saturated rings. The van der Waals surface area contributed by atoms with Crippen LogP contribution in [0.4, 0.5) is 11.8 Å². The number of methoxy groups -OCH3 is 1. The van der Waals surface area contributed by atoms with Crippen LogP contribution in [0.5, 0.6) is 5.75 Å². The normalized spacial score (nSPS) is 10.4. The Bertz CT molecular complexity index is 834. The van der Waals surface area contributed by atoms with Crippen molar-refractivity contribution in [2.45, 2.75) is 20.0 Å². The van der Waals surface area contributed by atoms with Crippen molar-refractivity contribution in [3.8, 4) is 5.75 Å². The van der Waals surface area contributed by atoms with Gasteiger partial charge in [0.05, 0.1) is 7.11 Å². The second-order valence-electron chi connectivity index (χ2n) is 6.23. The SMILES string of the molecule is COc1ccc(CNc2nc(C)cc(N(C)Cc3ccccc3)n2)cc1. The smallest absolute Gasteiger partial charge is 0.225 e. The van der Waals surface area contributed by atoms with Gasteiger partial charge in [-0.05, 0) is 30.2 Å². The minimum absolute atomic E-state index is 0.635. The summed E-state index contributed by atoms with van der Waals surface area (Å²) in [4.78, 5) is 11.3. The maximum Gasteiger partial charge on any atom is 0.225 e. The highest BCUT2D eigenvalue weighted by Gasteiger charge is 2.08. The predicted molar refractivity (Wildman–Crippen MR) is 106 cm³/mol. The molecule has 1 heterocycles. The third-order valence-corrected chi connectivity index (χ3v) is 4.10. The van der Waals surface area contributed by atoms with Crippen molar-refractivity contribution < 1.29 is 4.74 Å². The highest BCUT2D eigenvalue weighted by molar-refractivity contribution is 5.45. The molecular formula is C21H24N4O. The van der Waals surface area contributed by atoms with Gasteiger partial charge in [0.15, 0.2) is 0 Å². The van der Waals surface area contributed by atoms with E-state index in [0.717, 1.165) is 29.4 Å². The maximum atomic E-state index is 5.19. The lowest BCUT2D eigenvalue weighted by atomic mass is 10.2. The van der Waals surface area contributed by atoms with Gasteiger partial charge in [0.25, 0.3) is 0 Å². The van der Waals surface area contributed by atoms with Gasteiger partial charge in [-0.2, -0.15) is 4.98 Å². The molecule has 26 heavy (non-hydrogen) atoms. The molecule has 0 atom stereocenters. The van der Waals surface area contributed by atoms with Gasteiger partial charge in [0, 0.05) is 31.9 Å². The van der Waals surface area contributed by atoms with Crippen LogP contribution in [0, 0.1) is 6.92 Å². The highest BCUT2D eigenvalue weighted by atomic mass is 16.5. The largest absolute Gasteiger partial charge is 0.497 e. The molecule has 3 aromatic rings. The van der Waals surface area contributed by atoms with Gasteiger partial charge in [-0.3, -0.25) is 0 Å². The van der Waals surface area contributed by atoms with Crippen molar-refractivity contribution in [1.29, 1.82) is 0 Å². The van der Waals surface area contributed by atoms with Crippen molar-refractivity contribution in [2.24, 2.45) is 0 Å². The number of rotatable bonds is 7. The van der Waals surface area contributed by atoms with Crippen LogP contribution in [0.15, 0.2) is 60.7 Å². The van der Waals surface area contributed by atoms with Gasteiger partial charge in [0.2, 0.25) is 5.95 Å². The van der Waals surface area contributed by atoms with E-state index in [0.29, 0.717) is 12.5 Å². The molecule has 0 aliphatic heterocycles. The number of hydrogen-bond donors (Lipinski definition) is 1. The molecule has 0 radical (unpaired) electrons. The van der Waals surface area contributed by atoms with E-state index in [4.69, 9.17) is 4.74 Å². The highest BCUT2D eigenvalue weighted by Crippen LogP contribution is 2.17. The number of benzene rings is 2. The fourth-order valence-electron chi connectivity index (χ4n) is 2.69. The summed E-state index contributed by atoms with van der Waals surface area (Å²) in [5.41, 5.74) is 3.33. The van der Waals surface area contributed by atoms with Crippen molar-refractivity contribution in [2.75, 3.05) is 24.4 Å². The zero-order valence-electron chi connectivity index (χ0n) is 15.4. The van der Waals surface area contributed by atoms with Crippen LogP contribution in [0.25, 0.3) is 0 Å². The van der Waals surface area contributed by atoms with E-state index >= 15 is 0 Å². The maximum absolute atomic E-state index is 5.19. The van der Waals surface area contributed by atoms with E-state index in [9.17, 15) is 0 Å². The summed E-state index contributed by atoms with van der Waals surface area (Å²) in [5, 5.41) is 3.31. The first-order chi connectivity index (χ1) is 12.6. The molecule has 0 saturated heterocycles. The molecule has 0 bridgehead atoms. The number of aromatic nitrogens is 2. The third kappa shape index (κ3) is 4.72. The lowest BCUT2D eigenvalue weighted by Gasteiger charge is -2.19. The summed E-state index contributed by atoms with van der Waals surface area (Å²) < 4.78 is 5.19. The monoisotopic (exact) mass is 348 g/mol. The molecule has 1 N–H and O–H groups in total. The van der Waals surface area contributed by atoms with E-state index in [1.54, 1.807) is 7.11 Å². The first kappa shape index (κ1) is 17.7. The van der Waals surface area contributed by atoms with Crippen LogP contribution < -0.4 is 15.0 Å². The summed E-state index contributed by atoms with van der Waals surface area (Å²) >= 11 is 0. The summed E-state index contributed by atoms with van der Waals surface area (Å²) in [5.74, 6) is 2.39. The Morgan fingerprint density at radius 1 is 0.962 bits per heavy atom. The third-order valence-electron chi connectivity index (χ3n) is 4.10. The standard InChI is InChI=1S/C21H24N4O/c1-16-13-20(25(2)15-18-7-5-4-6-8-18)24-21(23-16)22-14-17-9-11-19(26-3)12-10-17/h4-13H,14-15H2,1-3H3,(H,22,23,24). The minimum atomic E-state index is 0.635. The van der Waals surface area contributed by atoms with Crippen LogP contribution >= 0.6 is 0 Å². The van der Waals surface area contributed by atoms with E-state index in [1.165, 1.54) is 5.56 Å². The number of aryl methyl sites for hydroxylation is 1. The van der Waals surface area contributed by atoms with Crippen molar-refractivity contribution >= 4 is 11.8 Å².